The molecule has 1 saturated heterocycles. The van der Waals surface area contributed by atoms with Crippen LogP contribution in [0.2, 0.25) is 5.02 Å². The van der Waals surface area contributed by atoms with Crippen LogP contribution in [0.4, 0.5) is 5.69 Å². The van der Waals surface area contributed by atoms with Crippen LogP contribution in [0.3, 0.4) is 0 Å². The lowest BCUT2D eigenvalue weighted by Gasteiger charge is -2.36. The number of carbonyl (C=O) groups is 1. The quantitative estimate of drug-likeness (QED) is 0.784. The Labute approximate surface area is 160 Å². The molecule has 25 heavy (non-hydrogen) atoms. The predicted octanol–water partition coefficient (Wildman–Crippen LogP) is 2.80. The Balaban J connectivity index is 1.86. The van der Waals surface area contributed by atoms with Crippen LogP contribution < -0.4 is 10.6 Å². The topological polar surface area (TPSA) is 47.6 Å². The maximum absolute atomic E-state index is 11.9. The summed E-state index contributed by atoms with van der Waals surface area (Å²) in [5.41, 5.74) is 3.08. The molecular weight excluding hydrogens is 356 g/mol. The summed E-state index contributed by atoms with van der Waals surface area (Å²) < 4.78 is 0. The molecule has 1 aromatic carbocycles. The molecular formula is C18H27ClN4OS. The van der Waals surface area contributed by atoms with Gasteiger partial charge in [-0.2, -0.15) is 0 Å². The van der Waals surface area contributed by atoms with Gasteiger partial charge in [-0.15, -0.1) is 0 Å². The van der Waals surface area contributed by atoms with Gasteiger partial charge in [-0.25, -0.2) is 0 Å². The second-order valence-corrected chi connectivity index (χ2v) is 7.65. The van der Waals surface area contributed by atoms with Crippen molar-refractivity contribution in [1.82, 2.24) is 15.1 Å². The molecule has 0 bridgehead atoms. The lowest BCUT2D eigenvalue weighted by molar-refractivity contribution is -0.123. The molecule has 0 aliphatic carbocycles. The molecule has 0 saturated carbocycles. The van der Waals surface area contributed by atoms with E-state index in [1.807, 2.05) is 33.8 Å². The Morgan fingerprint density at radius 3 is 2.44 bits per heavy atom. The second-order valence-electron chi connectivity index (χ2n) is 6.85. The van der Waals surface area contributed by atoms with Crippen LogP contribution in [0.5, 0.6) is 0 Å². The van der Waals surface area contributed by atoms with Crippen LogP contribution in [0.15, 0.2) is 12.1 Å². The summed E-state index contributed by atoms with van der Waals surface area (Å²) in [6.07, 6.45) is 0. The van der Waals surface area contributed by atoms with Gasteiger partial charge in [0.05, 0.1) is 17.3 Å². The highest BCUT2D eigenvalue weighted by atomic mass is 35.5. The fourth-order valence-electron chi connectivity index (χ4n) is 2.94. The molecule has 0 aromatic heterocycles. The molecule has 2 N–H and O–H groups in total. The van der Waals surface area contributed by atoms with Crippen LogP contribution >= 0.6 is 23.8 Å². The lowest BCUT2D eigenvalue weighted by atomic mass is 10.1. The third-order valence-electron chi connectivity index (χ3n) is 4.14. The summed E-state index contributed by atoms with van der Waals surface area (Å²) in [4.78, 5) is 16.1. The second kappa shape index (κ2) is 8.83. The van der Waals surface area contributed by atoms with Crippen LogP contribution in [-0.4, -0.2) is 59.6 Å². The molecule has 1 aliphatic heterocycles. The monoisotopic (exact) mass is 382 g/mol. The first-order valence-electron chi connectivity index (χ1n) is 8.60. The minimum absolute atomic E-state index is 0.0752. The summed E-state index contributed by atoms with van der Waals surface area (Å²) in [6.45, 7) is 11.6. The van der Waals surface area contributed by atoms with Crippen molar-refractivity contribution < 1.29 is 4.79 Å². The van der Waals surface area contributed by atoms with Crippen molar-refractivity contribution in [2.45, 2.75) is 33.7 Å². The van der Waals surface area contributed by atoms with Gasteiger partial charge in [0.1, 0.15) is 0 Å². The number of rotatable bonds is 4. The number of hydrogen-bond acceptors (Lipinski definition) is 3. The Morgan fingerprint density at radius 1 is 1.24 bits per heavy atom. The van der Waals surface area contributed by atoms with Gasteiger partial charge >= 0.3 is 0 Å². The Kier molecular flexibility index (Phi) is 7.04. The Morgan fingerprint density at radius 2 is 1.88 bits per heavy atom. The number of nitrogens with zero attached hydrogens (tertiary/aromatic N) is 2. The number of carbonyl (C=O) groups excluding carboxylic acids is 1. The van der Waals surface area contributed by atoms with Gasteiger partial charge in [0.15, 0.2) is 5.11 Å². The summed E-state index contributed by atoms with van der Waals surface area (Å²) in [7, 11) is 0. The number of halogens is 1. The molecule has 1 amide bonds. The molecule has 0 unspecified atom stereocenters. The van der Waals surface area contributed by atoms with Crippen LogP contribution in [0, 0.1) is 13.8 Å². The molecule has 7 heteroatoms. The van der Waals surface area contributed by atoms with Gasteiger partial charge in [0, 0.05) is 32.2 Å². The van der Waals surface area contributed by atoms with E-state index in [2.05, 4.69) is 26.5 Å². The number of amides is 1. The van der Waals surface area contributed by atoms with Crippen molar-refractivity contribution in [3.05, 3.63) is 28.3 Å². The largest absolute Gasteiger partial charge is 0.353 e. The van der Waals surface area contributed by atoms with Crippen molar-refractivity contribution >= 4 is 40.5 Å². The maximum Gasteiger partial charge on any atom is 0.234 e. The number of nitrogens with one attached hydrogen (secondary N) is 2. The van der Waals surface area contributed by atoms with Crippen molar-refractivity contribution in [3.8, 4) is 0 Å². The van der Waals surface area contributed by atoms with Crippen LogP contribution in [0.1, 0.15) is 25.0 Å². The number of anilines is 1. The van der Waals surface area contributed by atoms with Crippen molar-refractivity contribution in [2.75, 3.05) is 38.0 Å². The minimum atomic E-state index is 0.0752. The number of aryl methyl sites for hydroxylation is 2. The smallest absolute Gasteiger partial charge is 0.234 e. The van der Waals surface area contributed by atoms with Gasteiger partial charge in [-0.1, -0.05) is 17.7 Å². The molecule has 0 radical (unpaired) electrons. The molecule has 0 spiro atoms. The molecule has 1 aliphatic rings. The fourth-order valence-corrected chi connectivity index (χ4v) is 3.59. The zero-order valence-corrected chi connectivity index (χ0v) is 16.9. The van der Waals surface area contributed by atoms with E-state index in [4.69, 9.17) is 23.8 Å². The van der Waals surface area contributed by atoms with Crippen LogP contribution in [0.25, 0.3) is 0 Å². The highest BCUT2D eigenvalue weighted by Gasteiger charge is 2.21. The molecule has 0 atom stereocenters. The first kappa shape index (κ1) is 19.9. The van der Waals surface area contributed by atoms with Gasteiger partial charge in [0.2, 0.25) is 5.91 Å². The summed E-state index contributed by atoms with van der Waals surface area (Å²) in [5.74, 6) is 0.0752. The molecule has 138 valence electrons. The van der Waals surface area contributed by atoms with E-state index in [-0.39, 0.29) is 11.9 Å². The minimum Gasteiger partial charge on any atom is -0.353 e. The SMILES string of the molecule is Cc1cc(C)c(NC(=S)N2CCN(CC(=O)NC(C)C)CC2)c(Cl)c1. The highest BCUT2D eigenvalue weighted by molar-refractivity contribution is 7.80. The third-order valence-corrected chi connectivity index (χ3v) is 4.80. The van der Waals surface area contributed by atoms with Crippen molar-refractivity contribution in [1.29, 1.82) is 0 Å². The molecule has 1 aromatic rings. The predicted molar refractivity (Wildman–Crippen MR) is 108 cm³/mol. The van der Waals surface area contributed by atoms with Crippen molar-refractivity contribution in [3.63, 3.8) is 0 Å². The fraction of sp³-hybridized carbons (Fsp3) is 0.556. The van der Waals surface area contributed by atoms with Gasteiger partial charge < -0.3 is 15.5 Å². The first-order valence-corrected chi connectivity index (χ1v) is 9.39. The summed E-state index contributed by atoms with van der Waals surface area (Å²) in [5, 5.41) is 7.58. The Bertz CT molecular complexity index is 619. The average Bonchev–Trinajstić information content (AvgIpc) is 2.50. The highest BCUT2D eigenvalue weighted by Crippen LogP contribution is 2.27. The molecule has 5 nitrogen and oxygen atoms in total. The molecule has 2 rings (SSSR count). The van der Waals surface area contributed by atoms with Crippen LogP contribution in [-0.2, 0) is 4.79 Å². The first-order chi connectivity index (χ1) is 11.8. The zero-order valence-electron chi connectivity index (χ0n) is 15.4. The van der Waals surface area contributed by atoms with Gasteiger partial charge in [0.25, 0.3) is 0 Å². The van der Waals surface area contributed by atoms with E-state index in [1.54, 1.807) is 0 Å². The normalized spacial score (nSPS) is 15.4. The van der Waals surface area contributed by atoms with E-state index in [9.17, 15) is 4.79 Å². The average molecular weight is 383 g/mol. The zero-order chi connectivity index (χ0) is 18.6. The van der Waals surface area contributed by atoms with E-state index < -0.39 is 0 Å². The number of piperazine rings is 1. The standard InChI is InChI=1S/C18H27ClN4OS/c1-12(2)20-16(24)11-22-5-7-23(8-6-22)18(25)21-17-14(4)9-13(3)10-15(17)19/h9-10,12H,5-8,11H2,1-4H3,(H,20,24)(H,21,25). The van der Waals surface area contributed by atoms with E-state index in [0.29, 0.717) is 16.7 Å². The van der Waals surface area contributed by atoms with E-state index in [1.165, 1.54) is 0 Å². The van der Waals surface area contributed by atoms with Gasteiger partial charge in [-0.3, -0.25) is 9.69 Å². The number of hydrogen-bond donors (Lipinski definition) is 2. The van der Waals surface area contributed by atoms with E-state index in [0.717, 1.165) is 43.0 Å². The maximum atomic E-state index is 11.9. The number of benzene rings is 1. The lowest BCUT2D eigenvalue weighted by Crippen LogP contribution is -2.52. The third kappa shape index (κ3) is 5.83. The van der Waals surface area contributed by atoms with Gasteiger partial charge in [-0.05, 0) is 57.1 Å². The summed E-state index contributed by atoms with van der Waals surface area (Å²) in [6, 6.07) is 4.19. The number of thiocarbonyl (C=S) groups is 1. The van der Waals surface area contributed by atoms with E-state index >= 15 is 0 Å². The Hall–Kier alpha value is -1.37. The summed E-state index contributed by atoms with van der Waals surface area (Å²) >= 11 is 11.9. The molecule has 1 fully saturated rings. The van der Waals surface area contributed by atoms with Crippen molar-refractivity contribution in [2.24, 2.45) is 0 Å². The molecule has 1 heterocycles.